The Morgan fingerprint density at radius 3 is 2.58 bits per heavy atom. The number of methoxy groups -OCH3 is 1. The summed E-state index contributed by atoms with van der Waals surface area (Å²) in [6.45, 7) is 3.48. The fourth-order valence-electron chi connectivity index (χ4n) is 4.25. The van der Waals surface area contributed by atoms with Crippen LogP contribution in [0.3, 0.4) is 0 Å². The van der Waals surface area contributed by atoms with Crippen molar-refractivity contribution in [1.82, 2.24) is 9.88 Å². The van der Waals surface area contributed by atoms with Crippen LogP contribution in [0.2, 0.25) is 0 Å². The van der Waals surface area contributed by atoms with Crippen molar-refractivity contribution in [3.8, 4) is 5.75 Å². The molecule has 0 bridgehead atoms. The van der Waals surface area contributed by atoms with Crippen molar-refractivity contribution in [2.45, 2.75) is 25.9 Å². The Morgan fingerprint density at radius 1 is 1.09 bits per heavy atom. The topological polar surface area (TPSA) is 63.5 Å². The number of halogens is 1. The third-order valence-electron chi connectivity index (χ3n) is 5.93. The summed E-state index contributed by atoms with van der Waals surface area (Å²) in [5, 5.41) is 14.4. The van der Waals surface area contributed by atoms with Gasteiger partial charge in [-0.2, -0.15) is 0 Å². The van der Waals surface area contributed by atoms with Crippen molar-refractivity contribution < 1.29 is 19.0 Å². The summed E-state index contributed by atoms with van der Waals surface area (Å²) in [7, 11) is 1.58. The van der Waals surface area contributed by atoms with Crippen LogP contribution in [0.4, 0.5) is 4.39 Å². The van der Waals surface area contributed by atoms with E-state index in [0.29, 0.717) is 30.0 Å². The first kappa shape index (κ1) is 22.6. The summed E-state index contributed by atoms with van der Waals surface area (Å²) in [5.74, 6) is -0.459. The quantitative estimate of drug-likeness (QED) is 0.360. The number of aromatic nitrogens is 1. The van der Waals surface area contributed by atoms with Crippen LogP contribution in [0.5, 0.6) is 5.75 Å². The van der Waals surface area contributed by atoms with E-state index >= 15 is 0 Å². The Morgan fingerprint density at radius 2 is 1.88 bits per heavy atom. The third kappa shape index (κ3) is 4.91. The smallest absolute Gasteiger partial charge is 0.352 e. The van der Waals surface area contributed by atoms with Crippen molar-refractivity contribution in [1.29, 1.82) is 0 Å². The van der Waals surface area contributed by atoms with Crippen LogP contribution in [0.1, 0.15) is 40.0 Å². The predicted octanol–water partition coefficient (Wildman–Crippen LogP) is 5.43. The van der Waals surface area contributed by atoms with Gasteiger partial charge in [-0.25, -0.2) is 9.18 Å². The van der Waals surface area contributed by atoms with Gasteiger partial charge in [0.25, 0.3) is 0 Å². The van der Waals surface area contributed by atoms with Gasteiger partial charge in [0, 0.05) is 36.7 Å². The Kier molecular flexibility index (Phi) is 6.75. The zero-order valence-electron chi connectivity index (χ0n) is 18.7. The standard InChI is InChI=1S/C27H27FN2O3/c1-18(20-8-4-3-5-9-20)15-29-16-24-23-12-11-22(33-2)14-25(23)30(26(24)27(31)32)17-19-7-6-10-21(28)13-19/h3-14,18,29H,15-17H2,1-2H3,(H,31,32). The average molecular weight is 447 g/mol. The Balaban J connectivity index is 1.70. The van der Waals surface area contributed by atoms with E-state index in [9.17, 15) is 14.3 Å². The normalized spacial score (nSPS) is 12.1. The Labute approximate surface area is 192 Å². The van der Waals surface area contributed by atoms with Gasteiger partial charge in [-0.1, -0.05) is 49.4 Å². The molecule has 33 heavy (non-hydrogen) atoms. The summed E-state index contributed by atoms with van der Waals surface area (Å²) in [4.78, 5) is 12.4. The van der Waals surface area contributed by atoms with Crippen molar-refractivity contribution in [2.75, 3.05) is 13.7 Å². The second-order valence-electron chi connectivity index (χ2n) is 8.17. The van der Waals surface area contributed by atoms with E-state index in [0.717, 1.165) is 10.9 Å². The maximum Gasteiger partial charge on any atom is 0.352 e. The molecule has 6 heteroatoms. The first-order valence-electron chi connectivity index (χ1n) is 10.9. The number of carbonyl (C=O) groups is 1. The number of nitrogens with zero attached hydrogens (tertiary/aromatic N) is 1. The number of hydrogen-bond donors (Lipinski definition) is 2. The molecule has 0 aliphatic carbocycles. The molecule has 4 aromatic rings. The molecular formula is C27H27FN2O3. The first-order chi connectivity index (χ1) is 16.0. The first-order valence-corrected chi connectivity index (χ1v) is 10.9. The van der Waals surface area contributed by atoms with E-state index in [1.54, 1.807) is 23.8 Å². The molecule has 1 aromatic heterocycles. The lowest BCUT2D eigenvalue weighted by atomic mass is 10.0. The van der Waals surface area contributed by atoms with E-state index in [2.05, 4.69) is 24.4 Å². The molecule has 0 saturated heterocycles. The maximum atomic E-state index is 13.8. The van der Waals surface area contributed by atoms with Gasteiger partial charge >= 0.3 is 5.97 Å². The minimum atomic E-state index is -1.02. The molecule has 4 rings (SSSR count). The molecule has 3 aromatic carbocycles. The minimum absolute atomic E-state index is 0.197. The second-order valence-corrected chi connectivity index (χ2v) is 8.17. The monoisotopic (exact) mass is 446 g/mol. The molecule has 0 saturated carbocycles. The van der Waals surface area contributed by atoms with E-state index in [4.69, 9.17) is 4.74 Å². The maximum absolute atomic E-state index is 13.8. The number of hydrogen-bond acceptors (Lipinski definition) is 3. The van der Waals surface area contributed by atoms with Crippen molar-refractivity contribution in [2.24, 2.45) is 0 Å². The number of ether oxygens (including phenoxy) is 1. The number of carboxylic acids is 1. The number of carboxylic acid groups (broad SMARTS) is 1. The van der Waals surface area contributed by atoms with Crippen LogP contribution < -0.4 is 10.1 Å². The zero-order chi connectivity index (χ0) is 23.4. The van der Waals surface area contributed by atoms with Crippen LogP contribution in [0.25, 0.3) is 10.9 Å². The van der Waals surface area contributed by atoms with Gasteiger partial charge < -0.3 is 19.7 Å². The van der Waals surface area contributed by atoms with Gasteiger partial charge in [0.15, 0.2) is 0 Å². The van der Waals surface area contributed by atoms with Crippen LogP contribution in [-0.2, 0) is 13.1 Å². The molecule has 5 nitrogen and oxygen atoms in total. The lowest BCUT2D eigenvalue weighted by molar-refractivity contribution is 0.0684. The highest BCUT2D eigenvalue weighted by molar-refractivity contribution is 5.98. The minimum Gasteiger partial charge on any atom is -0.497 e. The fourth-order valence-corrected chi connectivity index (χ4v) is 4.25. The molecule has 170 valence electrons. The average Bonchev–Trinajstić information content (AvgIpc) is 3.12. The van der Waals surface area contributed by atoms with Gasteiger partial charge in [-0.05, 0) is 41.3 Å². The largest absolute Gasteiger partial charge is 0.497 e. The number of rotatable bonds is 9. The molecule has 1 heterocycles. The molecule has 1 unspecified atom stereocenters. The van der Waals surface area contributed by atoms with Crippen LogP contribution >= 0.6 is 0 Å². The molecule has 0 aliphatic rings. The molecule has 2 N–H and O–H groups in total. The Hall–Kier alpha value is -3.64. The molecular weight excluding hydrogens is 419 g/mol. The summed E-state index contributed by atoms with van der Waals surface area (Å²) in [6, 6.07) is 22.0. The van der Waals surface area contributed by atoms with Gasteiger partial charge in [-0.15, -0.1) is 0 Å². The summed E-state index contributed by atoms with van der Waals surface area (Å²) in [6.07, 6.45) is 0. The number of aromatic carboxylic acids is 1. The summed E-state index contributed by atoms with van der Waals surface area (Å²) < 4.78 is 20.9. The third-order valence-corrected chi connectivity index (χ3v) is 5.93. The molecule has 1 atom stereocenters. The molecule has 0 amide bonds. The number of fused-ring (bicyclic) bond motifs is 1. The SMILES string of the molecule is COc1ccc2c(CNCC(C)c3ccccc3)c(C(=O)O)n(Cc3cccc(F)c3)c2c1. The number of nitrogens with one attached hydrogen (secondary N) is 1. The summed E-state index contributed by atoms with van der Waals surface area (Å²) in [5.41, 5.74) is 3.55. The van der Waals surface area contributed by atoms with Crippen LogP contribution in [0.15, 0.2) is 72.8 Å². The van der Waals surface area contributed by atoms with Crippen molar-refractivity contribution >= 4 is 16.9 Å². The predicted molar refractivity (Wildman–Crippen MR) is 128 cm³/mol. The number of benzene rings is 3. The zero-order valence-corrected chi connectivity index (χ0v) is 18.7. The van der Waals surface area contributed by atoms with Gasteiger partial charge in [0.05, 0.1) is 12.6 Å². The summed E-state index contributed by atoms with van der Waals surface area (Å²) >= 11 is 0. The Bertz CT molecular complexity index is 1270. The fraction of sp³-hybridized carbons (Fsp3) is 0.222. The highest BCUT2D eigenvalue weighted by Gasteiger charge is 2.23. The van der Waals surface area contributed by atoms with Gasteiger partial charge in [0.2, 0.25) is 0 Å². The molecule has 0 spiro atoms. The van der Waals surface area contributed by atoms with E-state index in [-0.39, 0.29) is 24.0 Å². The second kappa shape index (κ2) is 9.88. The lowest BCUT2D eigenvalue weighted by Crippen LogP contribution is -2.21. The van der Waals surface area contributed by atoms with Crippen LogP contribution in [0, 0.1) is 5.82 Å². The van der Waals surface area contributed by atoms with Crippen molar-refractivity contribution in [3.63, 3.8) is 0 Å². The van der Waals surface area contributed by atoms with Crippen molar-refractivity contribution in [3.05, 3.63) is 101 Å². The molecule has 0 radical (unpaired) electrons. The van der Waals surface area contributed by atoms with E-state index < -0.39 is 5.97 Å². The van der Waals surface area contributed by atoms with Gasteiger partial charge in [-0.3, -0.25) is 0 Å². The van der Waals surface area contributed by atoms with E-state index in [1.165, 1.54) is 17.7 Å². The van der Waals surface area contributed by atoms with Gasteiger partial charge in [0.1, 0.15) is 17.3 Å². The molecule has 0 aliphatic heterocycles. The highest BCUT2D eigenvalue weighted by Crippen LogP contribution is 2.31. The lowest BCUT2D eigenvalue weighted by Gasteiger charge is -2.14. The van der Waals surface area contributed by atoms with Crippen LogP contribution in [-0.4, -0.2) is 29.3 Å². The van der Waals surface area contributed by atoms with E-state index in [1.807, 2.05) is 36.4 Å². The molecule has 0 fully saturated rings. The highest BCUT2D eigenvalue weighted by atomic mass is 19.1.